The van der Waals surface area contributed by atoms with Crippen LogP contribution in [0.3, 0.4) is 0 Å². The van der Waals surface area contributed by atoms with Crippen LogP contribution < -0.4 is 4.90 Å². The molecule has 1 heterocycles. The fraction of sp³-hybridized carbons (Fsp3) is 0.385. The lowest BCUT2D eigenvalue weighted by Gasteiger charge is -2.47. The summed E-state index contributed by atoms with van der Waals surface area (Å²) in [6, 6.07) is 17.0. The van der Waals surface area contributed by atoms with Gasteiger partial charge in [-0.2, -0.15) is 0 Å². The Bertz CT molecular complexity index is 1040. The number of carboxylic acid groups (broad SMARTS) is 2. The molecular formula is C26H31ClN2O7. The predicted molar refractivity (Wildman–Crippen MR) is 135 cm³/mol. The quantitative estimate of drug-likeness (QED) is 0.440. The Morgan fingerprint density at radius 2 is 1.50 bits per heavy atom. The zero-order valence-corrected chi connectivity index (χ0v) is 21.3. The van der Waals surface area contributed by atoms with E-state index in [9.17, 15) is 9.59 Å². The molecule has 36 heavy (non-hydrogen) atoms. The van der Waals surface area contributed by atoms with E-state index in [2.05, 4.69) is 18.7 Å². The number of carbonyl (C=O) groups is 4. The summed E-state index contributed by atoms with van der Waals surface area (Å²) in [4.78, 5) is 48.9. The Kier molecular flexibility index (Phi) is 10.4. The van der Waals surface area contributed by atoms with Crippen molar-refractivity contribution in [3.8, 4) is 0 Å². The molecule has 10 heteroatoms. The van der Waals surface area contributed by atoms with Crippen molar-refractivity contribution in [2.75, 3.05) is 25.1 Å². The molecule has 0 spiro atoms. The van der Waals surface area contributed by atoms with Crippen LogP contribution in [-0.2, 0) is 30.3 Å². The number of hydrogen-bond donors (Lipinski definition) is 2. The van der Waals surface area contributed by atoms with E-state index in [-0.39, 0.29) is 18.3 Å². The smallest absolute Gasteiger partial charge is 0.414 e. The fourth-order valence-corrected chi connectivity index (χ4v) is 4.31. The SMILES string of the molecule is COC(=O)C1(N(C(=O)Cc2ccc(Cl)cc2)c2ccccc2)CCN(C(C)C)CC1.O=C(O)C(=O)O. The van der Waals surface area contributed by atoms with Crippen molar-refractivity contribution in [1.82, 2.24) is 4.90 Å². The summed E-state index contributed by atoms with van der Waals surface area (Å²) in [5, 5.41) is 15.4. The van der Waals surface area contributed by atoms with Crippen molar-refractivity contribution in [1.29, 1.82) is 0 Å². The molecule has 194 valence electrons. The van der Waals surface area contributed by atoms with E-state index in [4.69, 9.17) is 36.1 Å². The predicted octanol–water partition coefficient (Wildman–Crippen LogP) is 3.49. The molecule has 1 saturated heterocycles. The second kappa shape index (κ2) is 13.0. The number of carboxylic acids is 2. The van der Waals surface area contributed by atoms with Gasteiger partial charge in [0.2, 0.25) is 5.91 Å². The van der Waals surface area contributed by atoms with Crippen LogP contribution in [0, 0.1) is 0 Å². The molecule has 2 N–H and O–H groups in total. The highest BCUT2D eigenvalue weighted by Gasteiger charge is 2.50. The Hall–Kier alpha value is -3.43. The number of ether oxygens (including phenoxy) is 1. The maximum Gasteiger partial charge on any atom is 0.414 e. The third kappa shape index (κ3) is 7.29. The van der Waals surface area contributed by atoms with Crippen LogP contribution in [0.2, 0.25) is 5.02 Å². The normalized spacial score (nSPS) is 14.8. The molecule has 0 bridgehead atoms. The van der Waals surface area contributed by atoms with Gasteiger partial charge in [0.15, 0.2) is 0 Å². The Balaban J connectivity index is 0.000000678. The first-order valence-corrected chi connectivity index (χ1v) is 11.8. The monoisotopic (exact) mass is 518 g/mol. The van der Waals surface area contributed by atoms with Crippen LogP contribution in [0.1, 0.15) is 32.3 Å². The van der Waals surface area contributed by atoms with E-state index in [1.807, 2.05) is 42.5 Å². The molecule has 0 unspecified atom stereocenters. The van der Waals surface area contributed by atoms with Gasteiger partial charge in [0.05, 0.1) is 13.5 Å². The molecule has 0 radical (unpaired) electrons. The number of amides is 1. The number of hydrogen-bond acceptors (Lipinski definition) is 6. The summed E-state index contributed by atoms with van der Waals surface area (Å²) in [6.07, 6.45) is 1.23. The maximum atomic E-state index is 13.6. The molecular weight excluding hydrogens is 488 g/mol. The van der Waals surface area contributed by atoms with Crippen molar-refractivity contribution in [3.05, 3.63) is 65.2 Å². The number of methoxy groups -OCH3 is 1. The van der Waals surface area contributed by atoms with Crippen molar-refractivity contribution in [2.45, 2.75) is 44.7 Å². The van der Waals surface area contributed by atoms with Gasteiger partial charge in [-0.05, 0) is 56.5 Å². The van der Waals surface area contributed by atoms with Gasteiger partial charge >= 0.3 is 17.9 Å². The highest BCUT2D eigenvalue weighted by molar-refractivity contribution is 6.30. The number of piperidine rings is 1. The third-order valence-corrected chi connectivity index (χ3v) is 6.32. The maximum absolute atomic E-state index is 13.6. The van der Waals surface area contributed by atoms with Crippen LogP contribution in [0.25, 0.3) is 0 Å². The summed E-state index contributed by atoms with van der Waals surface area (Å²) in [7, 11) is 1.39. The van der Waals surface area contributed by atoms with E-state index in [1.165, 1.54) is 7.11 Å². The second-order valence-electron chi connectivity index (χ2n) is 8.63. The van der Waals surface area contributed by atoms with Gasteiger partial charge < -0.3 is 19.8 Å². The Labute approximate surface area is 215 Å². The van der Waals surface area contributed by atoms with Gasteiger partial charge in [-0.15, -0.1) is 0 Å². The van der Waals surface area contributed by atoms with Gasteiger partial charge in [0, 0.05) is 29.8 Å². The lowest BCUT2D eigenvalue weighted by Crippen LogP contribution is -2.63. The summed E-state index contributed by atoms with van der Waals surface area (Å²) < 4.78 is 5.24. The molecule has 9 nitrogen and oxygen atoms in total. The van der Waals surface area contributed by atoms with Gasteiger partial charge in [0.1, 0.15) is 5.54 Å². The highest BCUT2D eigenvalue weighted by Crippen LogP contribution is 2.36. The summed E-state index contributed by atoms with van der Waals surface area (Å²) in [6.45, 7) is 5.74. The van der Waals surface area contributed by atoms with Crippen LogP contribution in [-0.4, -0.2) is 70.7 Å². The molecule has 1 aliphatic heterocycles. The second-order valence-corrected chi connectivity index (χ2v) is 9.07. The molecule has 2 aromatic carbocycles. The van der Waals surface area contributed by atoms with Gasteiger partial charge in [-0.1, -0.05) is 41.9 Å². The molecule has 0 saturated carbocycles. The minimum Gasteiger partial charge on any atom is -0.473 e. The number of nitrogens with zero attached hydrogens (tertiary/aromatic N) is 2. The molecule has 0 aromatic heterocycles. The van der Waals surface area contributed by atoms with Crippen molar-refractivity contribution in [3.63, 3.8) is 0 Å². The Morgan fingerprint density at radius 1 is 0.972 bits per heavy atom. The lowest BCUT2D eigenvalue weighted by molar-refractivity contribution is -0.159. The molecule has 3 rings (SSSR count). The minimum atomic E-state index is -1.82. The van der Waals surface area contributed by atoms with Crippen LogP contribution in [0.5, 0.6) is 0 Å². The van der Waals surface area contributed by atoms with E-state index in [0.29, 0.717) is 29.6 Å². The average molecular weight is 519 g/mol. The zero-order chi connectivity index (χ0) is 26.9. The van der Waals surface area contributed by atoms with Crippen LogP contribution in [0.4, 0.5) is 5.69 Å². The number of benzene rings is 2. The lowest BCUT2D eigenvalue weighted by atomic mass is 9.84. The standard InChI is InChI=1S/C24H29ClN2O3.C2H2O4/c1-18(2)26-15-13-24(14-16-26,23(29)30-3)27(21-7-5-4-6-8-21)22(28)17-19-9-11-20(25)12-10-19;3-1(4)2(5)6/h4-12,18H,13-17H2,1-3H3;(H,3,4)(H,5,6). The highest BCUT2D eigenvalue weighted by atomic mass is 35.5. The van der Waals surface area contributed by atoms with Crippen LogP contribution >= 0.6 is 11.6 Å². The molecule has 2 aromatic rings. The number of para-hydroxylation sites is 1. The molecule has 0 aliphatic carbocycles. The van der Waals surface area contributed by atoms with E-state index >= 15 is 0 Å². The van der Waals surface area contributed by atoms with Crippen molar-refractivity contribution in [2.24, 2.45) is 0 Å². The molecule has 1 fully saturated rings. The van der Waals surface area contributed by atoms with E-state index in [0.717, 1.165) is 18.7 Å². The van der Waals surface area contributed by atoms with Gasteiger partial charge in [-0.3, -0.25) is 9.69 Å². The first-order chi connectivity index (χ1) is 17.0. The van der Waals surface area contributed by atoms with E-state index in [1.54, 1.807) is 17.0 Å². The van der Waals surface area contributed by atoms with Crippen molar-refractivity contribution < 1.29 is 34.1 Å². The zero-order valence-electron chi connectivity index (χ0n) is 20.5. The molecule has 1 amide bonds. The number of halogens is 1. The first kappa shape index (κ1) is 28.8. The molecule has 1 aliphatic rings. The number of anilines is 1. The Morgan fingerprint density at radius 3 is 1.94 bits per heavy atom. The topological polar surface area (TPSA) is 124 Å². The fourth-order valence-electron chi connectivity index (χ4n) is 4.18. The number of carbonyl (C=O) groups excluding carboxylic acids is 2. The number of likely N-dealkylation sites (tertiary alicyclic amines) is 1. The first-order valence-electron chi connectivity index (χ1n) is 11.4. The van der Waals surface area contributed by atoms with Gasteiger partial charge in [-0.25, -0.2) is 14.4 Å². The number of rotatable bonds is 6. The summed E-state index contributed by atoms with van der Waals surface area (Å²) in [5.74, 6) is -4.14. The van der Waals surface area contributed by atoms with Gasteiger partial charge in [0.25, 0.3) is 0 Å². The average Bonchev–Trinajstić information content (AvgIpc) is 2.86. The number of aliphatic carboxylic acids is 2. The van der Waals surface area contributed by atoms with Crippen LogP contribution in [0.15, 0.2) is 54.6 Å². The molecule has 0 atom stereocenters. The third-order valence-electron chi connectivity index (χ3n) is 6.06. The summed E-state index contributed by atoms with van der Waals surface area (Å²) >= 11 is 5.99. The minimum absolute atomic E-state index is 0.132. The summed E-state index contributed by atoms with van der Waals surface area (Å²) in [5.41, 5.74) is 0.537. The number of esters is 1. The van der Waals surface area contributed by atoms with E-state index < -0.39 is 17.5 Å². The van der Waals surface area contributed by atoms with Crippen molar-refractivity contribution >= 4 is 41.1 Å². The largest absolute Gasteiger partial charge is 0.473 e.